The van der Waals surface area contributed by atoms with Crippen LogP contribution in [-0.2, 0) is 6.54 Å². The maximum atomic E-state index is 2.54. The predicted molar refractivity (Wildman–Crippen MR) is 96.4 cm³/mol. The zero-order valence-electron chi connectivity index (χ0n) is 15.2. The summed E-state index contributed by atoms with van der Waals surface area (Å²) in [5.74, 6) is 1.36. The van der Waals surface area contributed by atoms with Crippen LogP contribution in [0.1, 0.15) is 45.6 Å². The van der Waals surface area contributed by atoms with Crippen LogP contribution in [0, 0.1) is 0 Å². The van der Waals surface area contributed by atoms with Gasteiger partial charge in [-0.05, 0) is 24.8 Å². The molecule has 0 saturated heterocycles. The molecule has 0 fully saturated rings. The first-order valence-electron chi connectivity index (χ1n) is 8.72. The molecule has 0 aliphatic rings. The topological polar surface area (TPSA) is 9.49 Å². The molecule has 3 heteroatoms. The molecule has 0 aliphatic carbocycles. The van der Waals surface area contributed by atoms with Crippen molar-refractivity contribution < 1.29 is 4.58 Å². The Labute approximate surface area is 137 Å². The van der Waals surface area contributed by atoms with Crippen molar-refractivity contribution in [3.8, 4) is 0 Å². The molecular weight excluding hydrogens is 270 g/mol. The summed E-state index contributed by atoms with van der Waals surface area (Å²) in [6, 6.07) is 10.8. The Bertz CT molecular complexity index is 429. The fourth-order valence-corrected chi connectivity index (χ4v) is 2.94. The van der Waals surface area contributed by atoms with E-state index in [1.165, 1.54) is 24.4 Å². The largest absolute Gasteiger partial charge is 0.350 e. The lowest BCUT2D eigenvalue weighted by molar-refractivity contribution is -0.476. The fraction of sp³-hybridized carbons (Fsp3) is 0.632. The summed E-state index contributed by atoms with van der Waals surface area (Å²) in [6.07, 6.45) is 3.53. The van der Waals surface area contributed by atoms with E-state index in [1.807, 2.05) is 0 Å². The van der Waals surface area contributed by atoms with Gasteiger partial charge in [0.2, 0.25) is 0 Å². The molecule has 0 radical (unpaired) electrons. The van der Waals surface area contributed by atoms with Crippen molar-refractivity contribution in [3.05, 3.63) is 35.9 Å². The Kier molecular flexibility index (Phi) is 8.64. The van der Waals surface area contributed by atoms with Crippen molar-refractivity contribution in [1.82, 2.24) is 9.80 Å². The summed E-state index contributed by atoms with van der Waals surface area (Å²) in [5, 5.41) is 0. The highest BCUT2D eigenvalue weighted by Gasteiger charge is 2.26. The molecule has 0 spiro atoms. The van der Waals surface area contributed by atoms with Crippen LogP contribution in [-0.4, -0.2) is 54.1 Å². The van der Waals surface area contributed by atoms with Gasteiger partial charge >= 0.3 is 5.96 Å². The summed E-state index contributed by atoms with van der Waals surface area (Å²) in [4.78, 5) is 5.07. The van der Waals surface area contributed by atoms with E-state index in [9.17, 15) is 0 Å². The summed E-state index contributed by atoms with van der Waals surface area (Å²) < 4.78 is 2.28. The minimum Gasteiger partial charge on any atom is -0.270 e. The second kappa shape index (κ2) is 10.3. The molecule has 0 unspecified atom stereocenters. The van der Waals surface area contributed by atoms with Crippen molar-refractivity contribution in [2.75, 3.05) is 33.7 Å². The van der Waals surface area contributed by atoms with E-state index >= 15 is 0 Å². The zero-order chi connectivity index (χ0) is 16.4. The second-order valence-electron chi connectivity index (χ2n) is 6.09. The number of hydrogen-bond donors (Lipinski definition) is 0. The SMILES string of the molecule is CCCN(CCC)C(N(CCC)Cc1ccccc1)=[N+](C)C. The van der Waals surface area contributed by atoms with Gasteiger partial charge in [0.25, 0.3) is 0 Å². The highest BCUT2D eigenvalue weighted by molar-refractivity contribution is 5.75. The third-order valence-corrected chi connectivity index (χ3v) is 3.66. The number of guanidine groups is 1. The summed E-state index contributed by atoms with van der Waals surface area (Å²) in [6.45, 7) is 11.1. The van der Waals surface area contributed by atoms with E-state index in [0.717, 1.165) is 32.6 Å². The molecule has 1 rings (SSSR count). The van der Waals surface area contributed by atoms with Crippen molar-refractivity contribution in [1.29, 1.82) is 0 Å². The monoisotopic (exact) mass is 304 g/mol. The smallest absolute Gasteiger partial charge is 0.270 e. The van der Waals surface area contributed by atoms with E-state index < -0.39 is 0 Å². The van der Waals surface area contributed by atoms with Gasteiger partial charge in [0.05, 0.1) is 40.3 Å². The molecule has 0 atom stereocenters. The second-order valence-corrected chi connectivity index (χ2v) is 6.09. The number of benzene rings is 1. The van der Waals surface area contributed by atoms with Gasteiger partial charge in [-0.2, -0.15) is 0 Å². The highest BCUT2D eigenvalue weighted by atomic mass is 15.4. The molecule has 1 aromatic rings. The molecule has 3 nitrogen and oxygen atoms in total. The van der Waals surface area contributed by atoms with Crippen molar-refractivity contribution >= 4 is 5.96 Å². The van der Waals surface area contributed by atoms with Crippen LogP contribution in [0.5, 0.6) is 0 Å². The summed E-state index contributed by atoms with van der Waals surface area (Å²) in [5.41, 5.74) is 1.38. The van der Waals surface area contributed by atoms with Gasteiger partial charge in [0.1, 0.15) is 0 Å². The first kappa shape index (κ1) is 18.5. The molecular formula is C19H34N3+. The molecule has 124 valence electrons. The van der Waals surface area contributed by atoms with Gasteiger partial charge in [0, 0.05) is 0 Å². The van der Waals surface area contributed by atoms with Crippen molar-refractivity contribution in [2.24, 2.45) is 0 Å². The summed E-state index contributed by atoms with van der Waals surface area (Å²) >= 11 is 0. The van der Waals surface area contributed by atoms with Crippen LogP contribution in [0.4, 0.5) is 0 Å². The number of nitrogens with zero attached hydrogens (tertiary/aromatic N) is 3. The predicted octanol–water partition coefficient (Wildman–Crippen LogP) is 3.65. The van der Waals surface area contributed by atoms with Crippen LogP contribution in [0.15, 0.2) is 30.3 Å². The average molecular weight is 305 g/mol. The van der Waals surface area contributed by atoms with E-state index in [4.69, 9.17) is 0 Å². The van der Waals surface area contributed by atoms with Crippen LogP contribution < -0.4 is 0 Å². The van der Waals surface area contributed by atoms with Crippen LogP contribution in [0.2, 0.25) is 0 Å². The molecule has 0 saturated carbocycles. The lowest BCUT2D eigenvalue weighted by Crippen LogP contribution is -2.49. The molecule has 0 amide bonds. The lowest BCUT2D eigenvalue weighted by Gasteiger charge is -2.29. The first-order valence-corrected chi connectivity index (χ1v) is 8.72. The maximum absolute atomic E-state index is 2.54. The van der Waals surface area contributed by atoms with E-state index in [0.29, 0.717) is 0 Å². The summed E-state index contributed by atoms with van der Waals surface area (Å²) in [7, 11) is 4.34. The minimum atomic E-state index is 0.978. The zero-order valence-corrected chi connectivity index (χ0v) is 15.2. The standard InChI is InChI=1S/C19H34N3/c1-6-14-21(15-7-2)19(20(4)5)22(16-8-3)17-18-12-10-9-11-13-18/h9-13H,6-8,14-17H2,1-5H3/q+1. The highest BCUT2D eigenvalue weighted by Crippen LogP contribution is 2.09. The molecule has 0 bridgehead atoms. The Morgan fingerprint density at radius 3 is 1.77 bits per heavy atom. The van der Waals surface area contributed by atoms with Crippen molar-refractivity contribution in [2.45, 2.75) is 46.6 Å². The normalized spacial score (nSPS) is 10.4. The van der Waals surface area contributed by atoms with Crippen molar-refractivity contribution in [3.63, 3.8) is 0 Å². The third kappa shape index (κ3) is 5.70. The molecule has 0 aliphatic heterocycles. The maximum Gasteiger partial charge on any atom is 0.350 e. The molecule has 0 aromatic heterocycles. The Hall–Kier alpha value is -1.51. The van der Waals surface area contributed by atoms with Gasteiger partial charge in [-0.15, -0.1) is 0 Å². The molecule has 0 heterocycles. The molecule has 0 N–H and O–H groups in total. The van der Waals surface area contributed by atoms with Crippen LogP contribution in [0.25, 0.3) is 0 Å². The van der Waals surface area contributed by atoms with Gasteiger partial charge in [-0.1, -0.05) is 51.1 Å². The van der Waals surface area contributed by atoms with E-state index in [-0.39, 0.29) is 0 Å². The van der Waals surface area contributed by atoms with Gasteiger partial charge in [-0.25, -0.2) is 0 Å². The first-order chi connectivity index (χ1) is 10.6. The van der Waals surface area contributed by atoms with E-state index in [2.05, 4.69) is 79.6 Å². The third-order valence-electron chi connectivity index (χ3n) is 3.66. The van der Waals surface area contributed by atoms with Gasteiger partial charge in [0.15, 0.2) is 0 Å². The van der Waals surface area contributed by atoms with Gasteiger partial charge < -0.3 is 0 Å². The average Bonchev–Trinajstić information content (AvgIpc) is 2.49. The quantitative estimate of drug-likeness (QED) is 0.412. The molecule has 22 heavy (non-hydrogen) atoms. The Morgan fingerprint density at radius 2 is 1.32 bits per heavy atom. The number of hydrogen-bond acceptors (Lipinski definition) is 0. The molecule has 1 aromatic carbocycles. The van der Waals surface area contributed by atoms with Gasteiger partial charge in [-0.3, -0.25) is 14.4 Å². The lowest BCUT2D eigenvalue weighted by atomic mass is 10.2. The Balaban J connectivity index is 3.03. The number of rotatable bonds is 8. The van der Waals surface area contributed by atoms with Crippen LogP contribution >= 0.6 is 0 Å². The van der Waals surface area contributed by atoms with E-state index in [1.54, 1.807) is 0 Å². The Morgan fingerprint density at radius 1 is 0.818 bits per heavy atom. The minimum absolute atomic E-state index is 0.978. The fourth-order valence-electron chi connectivity index (χ4n) is 2.94. The van der Waals surface area contributed by atoms with Crippen LogP contribution in [0.3, 0.4) is 0 Å².